The smallest absolute Gasteiger partial charge is 0.312 e. The first-order valence-electron chi connectivity index (χ1n) is 6.14. The quantitative estimate of drug-likeness (QED) is 0.675. The van der Waals surface area contributed by atoms with E-state index in [1.165, 1.54) is 6.07 Å². The number of rotatable bonds is 4. The van der Waals surface area contributed by atoms with Crippen LogP contribution in [0.2, 0.25) is 0 Å². The molecule has 1 aromatic carbocycles. The molecule has 0 bridgehead atoms. The van der Waals surface area contributed by atoms with Crippen LogP contribution in [0.5, 0.6) is 0 Å². The van der Waals surface area contributed by atoms with Crippen LogP contribution < -0.4 is 0 Å². The molecule has 6 nitrogen and oxygen atoms in total. The number of carboxylic acids is 1. The lowest BCUT2D eigenvalue weighted by Crippen LogP contribution is -2.39. The molecular formula is C13H14FNO5. The minimum atomic E-state index is -1.11. The van der Waals surface area contributed by atoms with Gasteiger partial charge in [0, 0.05) is 12.7 Å². The van der Waals surface area contributed by atoms with Crippen molar-refractivity contribution < 1.29 is 24.0 Å². The number of hydrogen-bond donors (Lipinski definition) is 1. The monoisotopic (exact) mass is 283 g/mol. The molecule has 0 spiro atoms. The van der Waals surface area contributed by atoms with E-state index in [0.29, 0.717) is 18.6 Å². The van der Waals surface area contributed by atoms with Gasteiger partial charge in [-0.3, -0.25) is 14.9 Å². The molecule has 1 heterocycles. The molecule has 108 valence electrons. The SMILES string of the molecule is CC1OCCC1(Cc1ccc([N+](=O)[O-])c(F)c1)C(=O)O. The Morgan fingerprint density at radius 1 is 1.65 bits per heavy atom. The molecule has 2 rings (SSSR count). The molecule has 0 aliphatic carbocycles. The summed E-state index contributed by atoms with van der Waals surface area (Å²) < 4.78 is 18.9. The average Bonchev–Trinajstić information content (AvgIpc) is 2.71. The van der Waals surface area contributed by atoms with Crippen molar-refractivity contribution in [1.82, 2.24) is 0 Å². The summed E-state index contributed by atoms with van der Waals surface area (Å²) in [7, 11) is 0. The summed E-state index contributed by atoms with van der Waals surface area (Å²) in [6.07, 6.45) is -0.0705. The van der Waals surface area contributed by atoms with Gasteiger partial charge in [0.15, 0.2) is 0 Å². The highest BCUT2D eigenvalue weighted by Gasteiger charge is 2.48. The summed E-state index contributed by atoms with van der Waals surface area (Å²) in [5, 5.41) is 20.0. The minimum Gasteiger partial charge on any atom is -0.481 e. The molecule has 0 radical (unpaired) electrons. The number of ether oxygens (including phenoxy) is 1. The zero-order chi connectivity index (χ0) is 14.9. The van der Waals surface area contributed by atoms with Gasteiger partial charge >= 0.3 is 11.7 Å². The van der Waals surface area contributed by atoms with Crippen LogP contribution in [-0.4, -0.2) is 28.7 Å². The molecule has 7 heteroatoms. The maximum Gasteiger partial charge on any atom is 0.312 e. The van der Waals surface area contributed by atoms with Crippen LogP contribution >= 0.6 is 0 Å². The Bertz CT molecular complexity index is 562. The van der Waals surface area contributed by atoms with Crippen molar-refractivity contribution in [2.75, 3.05) is 6.61 Å². The summed E-state index contributed by atoms with van der Waals surface area (Å²) in [6, 6.07) is 3.46. The number of carbonyl (C=O) groups is 1. The lowest BCUT2D eigenvalue weighted by molar-refractivity contribution is -0.387. The van der Waals surface area contributed by atoms with Crippen LogP contribution in [0.15, 0.2) is 18.2 Å². The van der Waals surface area contributed by atoms with Crippen molar-refractivity contribution in [3.63, 3.8) is 0 Å². The number of nitro groups is 1. The Labute approximate surface area is 114 Å². The zero-order valence-electron chi connectivity index (χ0n) is 10.8. The number of nitrogens with zero attached hydrogens (tertiary/aromatic N) is 1. The van der Waals surface area contributed by atoms with Gasteiger partial charge in [-0.05, 0) is 31.4 Å². The Hall–Kier alpha value is -2.02. The van der Waals surface area contributed by atoms with E-state index in [4.69, 9.17) is 4.74 Å². The van der Waals surface area contributed by atoms with E-state index < -0.39 is 33.9 Å². The predicted molar refractivity (Wildman–Crippen MR) is 66.9 cm³/mol. The number of halogens is 1. The molecule has 0 saturated carbocycles. The van der Waals surface area contributed by atoms with Crippen molar-refractivity contribution in [2.45, 2.75) is 25.9 Å². The molecular weight excluding hydrogens is 269 g/mol. The molecule has 2 atom stereocenters. The lowest BCUT2D eigenvalue weighted by Gasteiger charge is -2.27. The van der Waals surface area contributed by atoms with Crippen LogP contribution in [0.25, 0.3) is 0 Å². The highest BCUT2D eigenvalue weighted by Crippen LogP contribution is 2.39. The predicted octanol–water partition coefficient (Wildman–Crippen LogP) is 2.16. The van der Waals surface area contributed by atoms with Gasteiger partial charge < -0.3 is 9.84 Å². The minimum absolute atomic E-state index is 0.0818. The maximum absolute atomic E-state index is 13.6. The molecule has 1 fully saturated rings. The third-order valence-electron chi connectivity index (χ3n) is 3.85. The van der Waals surface area contributed by atoms with Gasteiger partial charge in [-0.1, -0.05) is 6.07 Å². The molecule has 2 unspecified atom stereocenters. The normalized spacial score (nSPS) is 25.6. The van der Waals surface area contributed by atoms with Crippen molar-refractivity contribution >= 4 is 11.7 Å². The Kier molecular flexibility index (Phi) is 3.71. The largest absolute Gasteiger partial charge is 0.481 e. The van der Waals surface area contributed by atoms with Crippen molar-refractivity contribution in [2.24, 2.45) is 5.41 Å². The summed E-state index contributed by atoms with van der Waals surface area (Å²) in [5.74, 6) is -1.96. The van der Waals surface area contributed by atoms with E-state index in [0.717, 1.165) is 12.1 Å². The van der Waals surface area contributed by atoms with E-state index >= 15 is 0 Å². The molecule has 0 amide bonds. The van der Waals surface area contributed by atoms with E-state index in [1.807, 2.05) is 0 Å². The first-order chi connectivity index (χ1) is 9.36. The fraction of sp³-hybridized carbons (Fsp3) is 0.462. The van der Waals surface area contributed by atoms with Crippen LogP contribution in [0.3, 0.4) is 0 Å². The number of benzene rings is 1. The second-order valence-electron chi connectivity index (χ2n) is 4.94. The fourth-order valence-electron chi connectivity index (χ4n) is 2.54. The van der Waals surface area contributed by atoms with Crippen LogP contribution in [0.4, 0.5) is 10.1 Å². The molecule has 1 aromatic rings. The fourth-order valence-corrected chi connectivity index (χ4v) is 2.54. The second-order valence-corrected chi connectivity index (χ2v) is 4.94. The number of hydrogen-bond acceptors (Lipinski definition) is 4. The van der Waals surface area contributed by atoms with E-state index in [1.54, 1.807) is 6.92 Å². The molecule has 1 N–H and O–H groups in total. The third kappa shape index (κ3) is 2.36. The van der Waals surface area contributed by atoms with Crippen LogP contribution in [0.1, 0.15) is 18.9 Å². The van der Waals surface area contributed by atoms with Crippen molar-refractivity contribution in [3.05, 3.63) is 39.7 Å². The van der Waals surface area contributed by atoms with Gasteiger partial charge in [0.1, 0.15) is 0 Å². The second kappa shape index (κ2) is 5.16. The summed E-state index contributed by atoms with van der Waals surface area (Å²) in [6.45, 7) is 2.01. The average molecular weight is 283 g/mol. The standard InChI is InChI=1S/C13H14FNO5/c1-8-13(12(16)17,4-5-20-8)7-9-2-3-11(15(18)19)10(14)6-9/h2-3,6,8H,4-5,7H2,1H3,(H,16,17). The van der Waals surface area contributed by atoms with Gasteiger partial charge in [-0.2, -0.15) is 4.39 Å². The zero-order valence-corrected chi connectivity index (χ0v) is 10.8. The summed E-state index contributed by atoms with van der Waals surface area (Å²) in [5.41, 5.74) is -1.32. The molecule has 20 heavy (non-hydrogen) atoms. The van der Waals surface area contributed by atoms with Gasteiger partial charge in [-0.25, -0.2) is 0 Å². The van der Waals surface area contributed by atoms with E-state index in [9.17, 15) is 24.4 Å². The first kappa shape index (κ1) is 14.4. The van der Waals surface area contributed by atoms with Gasteiger partial charge in [0.05, 0.1) is 16.4 Å². The van der Waals surface area contributed by atoms with E-state index in [-0.39, 0.29) is 6.42 Å². The molecule has 1 aliphatic heterocycles. The third-order valence-corrected chi connectivity index (χ3v) is 3.85. The highest BCUT2D eigenvalue weighted by atomic mass is 19.1. The topological polar surface area (TPSA) is 89.7 Å². The Morgan fingerprint density at radius 3 is 2.80 bits per heavy atom. The number of carboxylic acid groups (broad SMARTS) is 1. The van der Waals surface area contributed by atoms with Gasteiger partial charge in [0.25, 0.3) is 0 Å². The molecule has 1 aliphatic rings. The van der Waals surface area contributed by atoms with Crippen LogP contribution in [-0.2, 0) is 16.0 Å². The maximum atomic E-state index is 13.6. The molecule has 0 aromatic heterocycles. The summed E-state index contributed by atoms with van der Waals surface area (Å²) in [4.78, 5) is 21.3. The Morgan fingerprint density at radius 2 is 2.35 bits per heavy atom. The van der Waals surface area contributed by atoms with Gasteiger partial charge in [0.2, 0.25) is 5.82 Å². The Balaban J connectivity index is 2.31. The lowest BCUT2D eigenvalue weighted by atomic mass is 9.76. The van der Waals surface area contributed by atoms with Gasteiger partial charge in [-0.15, -0.1) is 0 Å². The summed E-state index contributed by atoms with van der Waals surface area (Å²) >= 11 is 0. The number of nitro benzene ring substituents is 1. The van der Waals surface area contributed by atoms with Crippen molar-refractivity contribution in [1.29, 1.82) is 0 Å². The van der Waals surface area contributed by atoms with E-state index in [2.05, 4.69) is 0 Å². The molecule has 1 saturated heterocycles. The highest BCUT2D eigenvalue weighted by molar-refractivity contribution is 5.76. The first-order valence-corrected chi connectivity index (χ1v) is 6.14. The van der Waals surface area contributed by atoms with Crippen molar-refractivity contribution in [3.8, 4) is 0 Å². The number of aliphatic carboxylic acids is 1. The van der Waals surface area contributed by atoms with Crippen LogP contribution in [0, 0.1) is 21.3 Å².